The minimum absolute atomic E-state index is 0.107. The van der Waals surface area contributed by atoms with Crippen LogP contribution in [0.15, 0.2) is 0 Å². The van der Waals surface area contributed by atoms with Gasteiger partial charge in [0, 0.05) is 25.7 Å². The average molecular weight is 1580 g/mol. The Bertz CT molecular complexity index is 2090. The van der Waals surface area contributed by atoms with Gasteiger partial charge in [-0.05, 0) is 49.4 Å². The van der Waals surface area contributed by atoms with Gasteiger partial charge in [0.25, 0.3) is 0 Å². The van der Waals surface area contributed by atoms with Gasteiger partial charge < -0.3 is 33.8 Å². The summed E-state index contributed by atoms with van der Waals surface area (Å²) in [5.74, 6) is 1.04. The Morgan fingerprint density at radius 2 is 0.389 bits per heavy atom. The molecule has 19 heteroatoms. The molecule has 17 nitrogen and oxygen atoms in total. The van der Waals surface area contributed by atoms with E-state index in [-0.39, 0.29) is 25.7 Å². The van der Waals surface area contributed by atoms with Gasteiger partial charge in [0.05, 0.1) is 26.4 Å². The zero-order valence-electron chi connectivity index (χ0n) is 71.5. The quantitative estimate of drug-likeness (QED) is 0.0222. The molecule has 0 saturated carbocycles. The molecule has 0 amide bonds. The Labute approximate surface area is 664 Å². The maximum absolute atomic E-state index is 13.2. The molecule has 0 fully saturated rings. The van der Waals surface area contributed by atoms with Crippen molar-refractivity contribution in [1.29, 1.82) is 0 Å². The van der Waals surface area contributed by atoms with Crippen LogP contribution in [-0.2, 0) is 65.4 Å². The third-order valence-corrected chi connectivity index (χ3v) is 22.7. The number of aliphatic hydroxyl groups excluding tert-OH is 1. The highest BCUT2D eigenvalue weighted by molar-refractivity contribution is 7.47. The highest BCUT2D eigenvalue weighted by atomic mass is 31.2. The van der Waals surface area contributed by atoms with E-state index in [9.17, 15) is 43.2 Å². The van der Waals surface area contributed by atoms with Crippen LogP contribution in [0.1, 0.15) is 466 Å². The molecule has 0 aliphatic heterocycles. The van der Waals surface area contributed by atoms with Crippen molar-refractivity contribution >= 4 is 39.5 Å². The maximum Gasteiger partial charge on any atom is 0.472 e. The van der Waals surface area contributed by atoms with Crippen LogP contribution in [-0.4, -0.2) is 96.7 Å². The monoisotopic (exact) mass is 1580 g/mol. The summed E-state index contributed by atoms with van der Waals surface area (Å²) in [4.78, 5) is 73.3. The molecule has 0 heterocycles. The third-order valence-electron chi connectivity index (χ3n) is 20.8. The summed E-state index contributed by atoms with van der Waals surface area (Å²) in [6.45, 7) is 14.3. The first-order chi connectivity index (χ1) is 52.1. The van der Waals surface area contributed by atoms with Gasteiger partial charge in [0.2, 0.25) is 0 Å². The molecule has 0 aliphatic rings. The lowest BCUT2D eigenvalue weighted by atomic mass is 10.0. The minimum Gasteiger partial charge on any atom is -0.462 e. The van der Waals surface area contributed by atoms with Crippen LogP contribution in [0.4, 0.5) is 0 Å². The van der Waals surface area contributed by atoms with Crippen LogP contribution in [0, 0.1) is 23.7 Å². The fourth-order valence-electron chi connectivity index (χ4n) is 13.8. The number of hydrogen-bond donors (Lipinski definition) is 3. The number of rotatable bonds is 86. The first kappa shape index (κ1) is 106. The molecular weight excluding hydrogens is 1400 g/mol. The fraction of sp³-hybridized carbons (Fsp3) is 0.955. The van der Waals surface area contributed by atoms with Crippen molar-refractivity contribution in [2.24, 2.45) is 23.7 Å². The molecule has 0 rings (SSSR count). The third kappa shape index (κ3) is 82.1. The van der Waals surface area contributed by atoms with Crippen molar-refractivity contribution < 1.29 is 80.2 Å². The second kappa shape index (κ2) is 77.6. The van der Waals surface area contributed by atoms with Gasteiger partial charge >= 0.3 is 39.5 Å². The topological polar surface area (TPSA) is 237 Å². The lowest BCUT2D eigenvalue weighted by Crippen LogP contribution is -2.30. The van der Waals surface area contributed by atoms with Crippen molar-refractivity contribution in [1.82, 2.24) is 0 Å². The molecule has 0 aromatic carbocycles. The van der Waals surface area contributed by atoms with Crippen LogP contribution >= 0.6 is 15.6 Å². The molecule has 3 N–H and O–H groups in total. The minimum atomic E-state index is -4.97. The van der Waals surface area contributed by atoms with E-state index in [0.717, 1.165) is 114 Å². The second-order valence-electron chi connectivity index (χ2n) is 33.9. The summed E-state index contributed by atoms with van der Waals surface area (Å²) in [5.41, 5.74) is 0. The van der Waals surface area contributed by atoms with E-state index in [2.05, 4.69) is 55.4 Å². The molecule has 0 aromatic rings. The predicted molar refractivity (Wildman–Crippen MR) is 446 cm³/mol. The largest absolute Gasteiger partial charge is 0.472 e. The summed E-state index contributed by atoms with van der Waals surface area (Å²) in [6.07, 6.45) is 68.2. The van der Waals surface area contributed by atoms with Crippen LogP contribution in [0.5, 0.6) is 0 Å². The first-order valence-corrected chi connectivity index (χ1v) is 48.7. The van der Waals surface area contributed by atoms with E-state index >= 15 is 0 Å². The van der Waals surface area contributed by atoms with E-state index in [4.69, 9.17) is 37.0 Å². The number of phosphoric acid groups is 2. The highest BCUT2D eigenvalue weighted by Crippen LogP contribution is 2.45. The van der Waals surface area contributed by atoms with Gasteiger partial charge in [-0.3, -0.25) is 37.3 Å². The van der Waals surface area contributed by atoms with Crippen LogP contribution in [0.2, 0.25) is 0 Å². The summed E-state index contributed by atoms with van der Waals surface area (Å²) in [5, 5.41) is 10.7. The van der Waals surface area contributed by atoms with Gasteiger partial charge in [-0.15, -0.1) is 0 Å². The zero-order valence-corrected chi connectivity index (χ0v) is 73.3. The summed E-state index contributed by atoms with van der Waals surface area (Å²) in [6, 6.07) is 0. The molecule has 642 valence electrons. The van der Waals surface area contributed by atoms with Crippen molar-refractivity contribution in [2.45, 2.75) is 485 Å². The van der Waals surface area contributed by atoms with Crippen molar-refractivity contribution in [3.8, 4) is 0 Å². The van der Waals surface area contributed by atoms with Crippen molar-refractivity contribution in [2.75, 3.05) is 39.6 Å². The molecule has 0 aromatic heterocycles. The van der Waals surface area contributed by atoms with Gasteiger partial charge in [-0.25, -0.2) is 9.13 Å². The van der Waals surface area contributed by atoms with Crippen molar-refractivity contribution in [3.05, 3.63) is 0 Å². The number of hydrogen-bond acceptors (Lipinski definition) is 15. The van der Waals surface area contributed by atoms with Crippen LogP contribution in [0.3, 0.4) is 0 Å². The van der Waals surface area contributed by atoms with E-state index in [1.807, 2.05) is 0 Å². The molecule has 0 bridgehead atoms. The molecule has 0 radical (unpaired) electrons. The van der Waals surface area contributed by atoms with E-state index in [1.54, 1.807) is 0 Å². The van der Waals surface area contributed by atoms with Gasteiger partial charge in [0.1, 0.15) is 19.3 Å². The number of unbranched alkanes of at least 4 members (excludes halogenated alkanes) is 52. The normalized spacial score (nSPS) is 13.9. The zero-order chi connectivity index (χ0) is 79.5. The number of esters is 4. The molecule has 3 unspecified atom stereocenters. The number of carbonyl (C=O) groups is 4. The van der Waals surface area contributed by atoms with Crippen LogP contribution in [0.25, 0.3) is 0 Å². The van der Waals surface area contributed by atoms with E-state index in [1.165, 1.54) is 263 Å². The van der Waals surface area contributed by atoms with E-state index < -0.39 is 97.5 Å². The fourth-order valence-corrected chi connectivity index (χ4v) is 15.4. The highest BCUT2D eigenvalue weighted by Gasteiger charge is 2.31. The molecule has 0 saturated heterocycles. The standard InChI is InChI=1S/C89H174O17P2/c1-79(2)65-57-49-41-34-28-22-16-11-9-10-12-19-26-32-38-46-55-63-71-88(93)105-84(75-99-86(91)69-61-53-45-37-31-25-21-15-18-24-30-36-43-51-59-67-81(5)6)77-103-107(95,96)101-73-83(90)74-102-108(97,98)104-78-85(76-100-87(92)70-62-54-48-40-44-52-60-68-82(7)8)106-89(94)72-64-56-47-39-33-27-20-14-13-17-23-29-35-42-50-58-66-80(3)4/h79-85,90H,9-78H2,1-8H3,(H,95,96)(H,97,98)/t83?,84-,85-/m1/s1. The predicted octanol–water partition coefficient (Wildman–Crippen LogP) is 27.1. The smallest absolute Gasteiger partial charge is 0.462 e. The summed E-state index contributed by atoms with van der Waals surface area (Å²) >= 11 is 0. The number of ether oxygens (including phenoxy) is 4. The van der Waals surface area contributed by atoms with Gasteiger partial charge in [-0.1, -0.05) is 415 Å². The first-order valence-electron chi connectivity index (χ1n) is 45.7. The lowest BCUT2D eigenvalue weighted by molar-refractivity contribution is -0.161. The van der Waals surface area contributed by atoms with Gasteiger partial charge in [0.15, 0.2) is 12.2 Å². The van der Waals surface area contributed by atoms with Crippen molar-refractivity contribution in [3.63, 3.8) is 0 Å². The average Bonchev–Trinajstić information content (AvgIpc) is 0.900. The van der Waals surface area contributed by atoms with Gasteiger partial charge in [-0.2, -0.15) is 0 Å². The molecule has 0 aliphatic carbocycles. The Morgan fingerprint density at radius 1 is 0.231 bits per heavy atom. The second-order valence-corrected chi connectivity index (χ2v) is 36.8. The Kier molecular flexibility index (Phi) is 76.2. The number of aliphatic hydroxyl groups is 1. The number of phosphoric ester groups is 2. The Morgan fingerprint density at radius 3 is 0.574 bits per heavy atom. The Hall–Kier alpha value is -1.94. The summed E-state index contributed by atoms with van der Waals surface area (Å²) in [7, 11) is -9.93. The molecular formula is C89H174O17P2. The lowest BCUT2D eigenvalue weighted by Gasteiger charge is -2.21. The SMILES string of the molecule is CC(C)CCCCCCCCCCCCCCCCCCCCC(=O)O[C@H](COC(=O)CCCCCCCCCCCCCCCCCC(C)C)COP(=O)(O)OCC(O)COP(=O)(O)OC[C@@H](COC(=O)CCCCCCCCCC(C)C)OC(=O)CCCCCCCCCCCCCCCCCCC(C)C. The molecule has 5 atom stereocenters. The molecule has 108 heavy (non-hydrogen) atoms. The van der Waals surface area contributed by atoms with Crippen LogP contribution < -0.4 is 0 Å². The Balaban J connectivity index is 5.22. The van der Waals surface area contributed by atoms with E-state index in [0.29, 0.717) is 31.6 Å². The molecule has 0 spiro atoms. The maximum atomic E-state index is 13.2. The number of carbonyl (C=O) groups excluding carboxylic acids is 4. The summed E-state index contributed by atoms with van der Waals surface area (Å²) < 4.78 is 69.0.